The van der Waals surface area contributed by atoms with Crippen LogP contribution >= 0.6 is 23.2 Å². The molecule has 0 bridgehead atoms. The number of sulfonamides is 1. The zero-order valence-electron chi connectivity index (χ0n) is 20.8. The standard InChI is InChI=1S/C27H29Cl2N3O4S/c1-4-24(27(34)30-3)31(17-20-9-11-21(28)12-10-20)26(33)18-32(25-8-6-5-7-19(25)2)37(35,36)23-15-13-22(29)14-16-23/h5-16,24H,4,17-18H2,1-3H3,(H,30,34)/t24-/m0/s1. The Bertz CT molecular complexity index is 1350. The molecule has 3 aromatic rings. The van der Waals surface area contributed by atoms with Gasteiger partial charge in [0.2, 0.25) is 11.8 Å². The van der Waals surface area contributed by atoms with Crippen molar-refractivity contribution in [2.24, 2.45) is 0 Å². The van der Waals surface area contributed by atoms with Crippen LogP contribution in [-0.4, -0.2) is 44.8 Å². The molecule has 0 aliphatic rings. The van der Waals surface area contributed by atoms with Gasteiger partial charge in [-0.15, -0.1) is 0 Å². The second-order valence-corrected chi connectivity index (χ2v) is 11.2. The summed E-state index contributed by atoms with van der Waals surface area (Å²) in [7, 11) is -2.65. The number of rotatable bonds is 10. The number of aryl methyl sites for hydroxylation is 1. The van der Waals surface area contributed by atoms with Crippen LogP contribution in [0.25, 0.3) is 0 Å². The van der Waals surface area contributed by atoms with E-state index in [0.717, 1.165) is 9.87 Å². The predicted octanol–water partition coefficient (Wildman–Crippen LogP) is 5.05. The summed E-state index contributed by atoms with van der Waals surface area (Å²) in [6, 6.07) is 18.8. The smallest absolute Gasteiger partial charge is 0.264 e. The van der Waals surface area contributed by atoms with Gasteiger partial charge in [-0.1, -0.05) is 60.5 Å². The van der Waals surface area contributed by atoms with Crippen molar-refractivity contribution in [3.8, 4) is 0 Å². The third-order valence-corrected chi connectivity index (χ3v) is 8.24. The first-order valence-corrected chi connectivity index (χ1v) is 13.9. The van der Waals surface area contributed by atoms with Gasteiger partial charge < -0.3 is 10.2 Å². The average Bonchev–Trinajstić information content (AvgIpc) is 2.88. The molecule has 0 unspecified atom stereocenters. The molecule has 0 fully saturated rings. The van der Waals surface area contributed by atoms with Crippen LogP contribution in [0.15, 0.2) is 77.7 Å². The third kappa shape index (κ3) is 6.83. The fourth-order valence-electron chi connectivity index (χ4n) is 3.96. The summed E-state index contributed by atoms with van der Waals surface area (Å²) in [6.45, 7) is 3.17. The highest BCUT2D eigenvalue weighted by atomic mass is 35.5. The summed E-state index contributed by atoms with van der Waals surface area (Å²) in [5.41, 5.74) is 1.80. The van der Waals surface area contributed by atoms with E-state index in [-0.39, 0.29) is 17.3 Å². The number of nitrogens with one attached hydrogen (secondary N) is 1. The fraction of sp³-hybridized carbons (Fsp3) is 0.259. The van der Waals surface area contributed by atoms with E-state index in [1.807, 2.05) is 0 Å². The quantitative estimate of drug-likeness (QED) is 0.375. The molecule has 0 saturated carbocycles. The lowest BCUT2D eigenvalue weighted by atomic mass is 10.1. The van der Waals surface area contributed by atoms with E-state index < -0.39 is 28.5 Å². The van der Waals surface area contributed by atoms with Gasteiger partial charge in [0.15, 0.2) is 0 Å². The number of carbonyl (C=O) groups is 2. The number of anilines is 1. The summed E-state index contributed by atoms with van der Waals surface area (Å²) < 4.78 is 28.7. The Hall–Kier alpha value is -3.07. The van der Waals surface area contributed by atoms with Gasteiger partial charge in [-0.25, -0.2) is 8.42 Å². The number of nitrogens with zero attached hydrogens (tertiary/aromatic N) is 2. The summed E-state index contributed by atoms with van der Waals surface area (Å²) in [6.07, 6.45) is 0.341. The van der Waals surface area contributed by atoms with Crippen molar-refractivity contribution < 1.29 is 18.0 Å². The molecule has 0 aromatic heterocycles. The van der Waals surface area contributed by atoms with Gasteiger partial charge in [-0.05, 0) is 66.9 Å². The first-order chi connectivity index (χ1) is 17.6. The molecule has 2 amide bonds. The van der Waals surface area contributed by atoms with Crippen LogP contribution < -0.4 is 9.62 Å². The number of hydrogen-bond acceptors (Lipinski definition) is 4. The van der Waals surface area contributed by atoms with Crippen LogP contribution in [-0.2, 0) is 26.2 Å². The molecule has 7 nitrogen and oxygen atoms in total. The second kappa shape index (κ2) is 12.4. The van der Waals surface area contributed by atoms with E-state index >= 15 is 0 Å². The van der Waals surface area contributed by atoms with Crippen LogP contribution in [0.3, 0.4) is 0 Å². The number of hydrogen-bond donors (Lipinski definition) is 1. The van der Waals surface area contributed by atoms with E-state index in [4.69, 9.17) is 23.2 Å². The van der Waals surface area contributed by atoms with Gasteiger partial charge in [0.05, 0.1) is 10.6 Å². The van der Waals surface area contributed by atoms with Gasteiger partial charge >= 0.3 is 0 Å². The van der Waals surface area contributed by atoms with E-state index in [1.165, 1.54) is 36.2 Å². The monoisotopic (exact) mass is 561 g/mol. The SMILES string of the molecule is CC[C@@H](C(=O)NC)N(Cc1ccc(Cl)cc1)C(=O)CN(c1ccccc1C)S(=O)(=O)c1ccc(Cl)cc1. The van der Waals surface area contributed by atoms with Crippen LogP contribution in [0.1, 0.15) is 24.5 Å². The van der Waals surface area contributed by atoms with Crippen LogP contribution in [0.2, 0.25) is 10.0 Å². The predicted molar refractivity (Wildman–Crippen MR) is 147 cm³/mol. The lowest BCUT2D eigenvalue weighted by Crippen LogP contribution is -2.51. The third-order valence-electron chi connectivity index (χ3n) is 5.96. The van der Waals surface area contributed by atoms with Crippen LogP contribution in [0.5, 0.6) is 0 Å². The Morgan fingerprint density at radius 1 is 0.919 bits per heavy atom. The summed E-state index contributed by atoms with van der Waals surface area (Å²) >= 11 is 12.0. The maximum atomic E-state index is 13.9. The molecule has 10 heteroatoms. The Balaban J connectivity index is 2.06. The Kier molecular flexibility index (Phi) is 9.59. The molecule has 0 radical (unpaired) electrons. The lowest BCUT2D eigenvalue weighted by molar-refractivity contribution is -0.140. The van der Waals surface area contributed by atoms with Gasteiger partial charge in [0.25, 0.3) is 10.0 Å². The molecule has 0 spiro atoms. The number of carbonyl (C=O) groups excluding carboxylic acids is 2. The largest absolute Gasteiger partial charge is 0.357 e. The van der Waals surface area contributed by atoms with E-state index in [2.05, 4.69) is 5.32 Å². The first-order valence-electron chi connectivity index (χ1n) is 11.7. The van der Waals surface area contributed by atoms with Gasteiger partial charge in [-0.3, -0.25) is 13.9 Å². The maximum absolute atomic E-state index is 13.9. The van der Waals surface area contributed by atoms with Gasteiger partial charge in [-0.2, -0.15) is 0 Å². The topological polar surface area (TPSA) is 86.8 Å². The molecule has 37 heavy (non-hydrogen) atoms. The number of amides is 2. The highest BCUT2D eigenvalue weighted by molar-refractivity contribution is 7.92. The highest BCUT2D eigenvalue weighted by Crippen LogP contribution is 2.28. The normalized spacial score (nSPS) is 12.0. The number of likely N-dealkylation sites (N-methyl/N-ethyl adjacent to an activating group) is 1. The Labute approximate surface area is 228 Å². The van der Waals surface area contributed by atoms with E-state index in [1.54, 1.807) is 62.4 Å². The molecule has 0 heterocycles. The molecule has 1 atom stereocenters. The molecule has 0 aliphatic heterocycles. The second-order valence-electron chi connectivity index (χ2n) is 8.44. The molecule has 3 aromatic carbocycles. The van der Waals surface area contributed by atoms with Gasteiger partial charge in [0.1, 0.15) is 12.6 Å². The van der Waals surface area contributed by atoms with Crippen molar-refractivity contribution in [1.82, 2.24) is 10.2 Å². The zero-order chi connectivity index (χ0) is 27.2. The summed E-state index contributed by atoms with van der Waals surface area (Å²) in [4.78, 5) is 28.0. The molecule has 3 rings (SSSR count). The zero-order valence-corrected chi connectivity index (χ0v) is 23.1. The molecule has 1 N–H and O–H groups in total. The van der Waals surface area contributed by atoms with Crippen molar-refractivity contribution >= 4 is 50.7 Å². The van der Waals surface area contributed by atoms with Gasteiger partial charge in [0, 0.05) is 23.6 Å². The number of para-hydroxylation sites is 1. The Morgan fingerprint density at radius 2 is 1.49 bits per heavy atom. The number of benzene rings is 3. The van der Waals surface area contributed by atoms with Crippen molar-refractivity contribution in [1.29, 1.82) is 0 Å². The Morgan fingerprint density at radius 3 is 2.03 bits per heavy atom. The van der Waals surface area contributed by atoms with Crippen molar-refractivity contribution in [3.05, 3.63) is 94.0 Å². The lowest BCUT2D eigenvalue weighted by Gasteiger charge is -2.33. The summed E-state index contributed by atoms with van der Waals surface area (Å²) in [5.74, 6) is -0.862. The molecular weight excluding hydrogens is 533 g/mol. The maximum Gasteiger partial charge on any atom is 0.264 e. The minimum Gasteiger partial charge on any atom is -0.357 e. The van der Waals surface area contributed by atoms with E-state index in [0.29, 0.717) is 27.7 Å². The van der Waals surface area contributed by atoms with E-state index in [9.17, 15) is 18.0 Å². The van der Waals surface area contributed by atoms with Crippen LogP contribution in [0.4, 0.5) is 5.69 Å². The molecule has 0 saturated heterocycles. The van der Waals surface area contributed by atoms with Crippen molar-refractivity contribution in [2.45, 2.75) is 37.8 Å². The first kappa shape index (κ1) is 28.5. The molecule has 0 aliphatic carbocycles. The van der Waals surface area contributed by atoms with Crippen molar-refractivity contribution in [3.63, 3.8) is 0 Å². The minimum absolute atomic E-state index is 0.00412. The van der Waals surface area contributed by atoms with Crippen molar-refractivity contribution in [2.75, 3.05) is 17.9 Å². The minimum atomic E-state index is -4.15. The molecular formula is C27H29Cl2N3O4S. The number of halogens is 2. The average molecular weight is 563 g/mol. The highest BCUT2D eigenvalue weighted by Gasteiger charge is 2.33. The fourth-order valence-corrected chi connectivity index (χ4v) is 5.69. The van der Waals surface area contributed by atoms with Crippen LogP contribution in [0, 0.1) is 6.92 Å². The summed E-state index contributed by atoms with van der Waals surface area (Å²) in [5, 5.41) is 3.54. The molecule has 196 valence electrons.